The van der Waals surface area contributed by atoms with Gasteiger partial charge in [0.15, 0.2) is 0 Å². The number of anilines is 1. The van der Waals surface area contributed by atoms with Crippen molar-refractivity contribution in [1.29, 1.82) is 0 Å². The molecule has 0 saturated carbocycles. The normalized spacial score (nSPS) is 11.8. The van der Waals surface area contributed by atoms with Gasteiger partial charge in [-0.25, -0.2) is 0 Å². The summed E-state index contributed by atoms with van der Waals surface area (Å²) in [6.45, 7) is 2.67. The fraction of sp³-hybridized carbons (Fsp3) is 0.174. The van der Waals surface area contributed by atoms with Crippen molar-refractivity contribution < 1.29 is 9.72 Å². The van der Waals surface area contributed by atoms with E-state index in [9.17, 15) is 14.9 Å². The van der Waals surface area contributed by atoms with Crippen molar-refractivity contribution in [3.8, 4) is 0 Å². The highest BCUT2D eigenvalue weighted by molar-refractivity contribution is 6.04. The van der Waals surface area contributed by atoms with Crippen LogP contribution in [0, 0.1) is 10.1 Å². The van der Waals surface area contributed by atoms with Crippen LogP contribution in [0.15, 0.2) is 78.9 Å². The third-order valence-electron chi connectivity index (χ3n) is 4.90. The molecule has 1 N–H and O–H groups in total. The molecule has 148 valence electrons. The lowest BCUT2D eigenvalue weighted by Crippen LogP contribution is -2.22. The van der Waals surface area contributed by atoms with Crippen molar-refractivity contribution in [2.75, 3.05) is 12.4 Å². The van der Waals surface area contributed by atoms with Crippen LogP contribution in [0.5, 0.6) is 0 Å². The average molecular weight is 389 g/mol. The standard InChI is InChI=1S/C23H23N3O3/c1-17(20-7-6-10-22(15-20)26(28)29)25(2)16-18-11-13-19(14-12-18)23(27)24-21-8-4-3-5-9-21/h3-15,17H,16H2,1-2H3,(H,24,27). The van der Waals surface area contributed by atoms with Crippen molar-refractivity contribution in [3.05, 3.63) is 106 Å². The Balaban J connectivity index is 1.63. The van der Waals surface area contributed by atoms with Gasteiger partial charge in [-0.2, -0.15) is 0 Å². The summed E-state index contributed by atoms with van der Waals surface area (Å²) < 4.78 is 0. The van der Waals surface area contributed by atoms with E-state index in [1.165, 1.54) is 6.07 Å². The minimum Gasteiger partial charge on any atom is -0.322 e. The molecule has 1 amide bonds. The molecule has 0 aliphatic heterocycles. The topological polar surface area (TPSA) is 75.5 Å². The van der Waals surface area contributed by atoms with Gasteiger partial charge < -0.3 is 5.32 Å². The minimum absolute atomic E-state index is 0.0101. The molecular weight excluding hydrogens is 366 g/mol. The summed E-state index contributed by atoms with van der Waals surface area (Å²) in [5.74, 6) is -0.152. The monoisotopic (exact) mass is 389 g/mol. The second kappa shape index (κ2) is 9.12. The number of para-hydroxylation sites is 1. The number of hydrogen-bond donors (Lipinski definition) is 1. The Kier molecular flexibility index (Phi) is 6.36. The summed E-state index contributed by atoms with van der Waals surface area (Å²) >= 11 is 0. The number of non-ortho nitro benzene ring substituents is 1. The van der Waals surface area contributed by atoms with Gasteiger partial charge in [0.05, 0.1) is 4.92 Å². The zero-order valence-electron chi connectivity index (χ0n) is 16.4. The van der Waals surface area contributed by atoms with Gasteiger partial charge >= 0.3 is 0 Å². The van der Waals surface area contributed by atoms with Crippen LogP contribution in [0.1, 0.15) is 34.5 Å². The lowest BCUT2D eigenvalue weighted by atomic mass is 10.1. The number of carbonyl (C=O) groups is 1. The Morgan fingerprint density at radius 1 is 1.03 bits per heavy atom. The fourth-order valence-electron chi connectivity index (χ4n) is 3.06. The molecular formula is C23H23N3O3. The summed E-state index contributed by atoms with van der Waals surface area (Å²) in [4.78, 5) is 25.1. The lowest BCUT2D eigenvalue weighted by molar-refractivity contribution is -0.384. The number of nitrogens with one attached hydrogen (secondary N) is 1. The first-order valence-corrected chi connectivity index (χ1v) is 9.34. The average Bonchev–Trinajstić information content (AvgIpc) is 2.74. The van der Waals surface area contributed by atoms with Crippen LogP contribution in [-0.2, 0) is 6.54 Å². The molecule has 0 spiro atoms. The maximum Gasteiger partial charge on any atom is 0.269 e. The van der Waals surface area contributed by atoms with E-state index in [4.69, 9.17) is 0 Å². The second-order valence-corrected chi connectivity index (χ2v) is 6.96. The maximum absolute atomic E-state index is 12.4. The molecule has 29 heavy (non-hydrogen) atoms. The number of carbonyl (C=O) groups excluding carboxylic acids is 1. The Bertz CT molecular complexity index is 988. The Morgan fingerprint density at radius 2 is 1.72 bits per heavy atom. The first-order valence-electron chi connectivity index (χ1n) is 9.34. The van der Waals surface area contributed by atoms with Gasteiger partial charge in [0.25, 0.3) is 11.6 Å². The van der Waals surface area contributed by atoms with Crippen LogP contribution in [0.3, 0.4) is 0 Å². The molecule has 0 saturated heterocycles. The highest BCUT2D eigenvalue weighted by Gasteiger charge is 2.15. The number of nitro benzene ring substituents is 1. The summed E-state index contributed by atoms with van der Waals surface area (Å²) in [5, 5.41) is 13.9. The summed E-state index contributed by atoms with van der Waals surface area (Å²) in [5.41, 5.74) is 3.39. The smallest absolute Gasteiger partial charge is 0.269 e. The van der Waals surface area contributed by atoms with E-state index in [1.54, 1.807) is 24.3 Å². The number of rotatable bonds is 7. The van der Waals surface area contributed by atoms with Gasteiger partial charge in [-0.1, -0.05) is 42.5 Å². The molecule has 0 fully saturated rings. The van der Waals surface area contributed by atoms with Crippen LogP contribution < -0.4 is 5.32 Å². The molecule has 6 nitrogen and oxygen atoms in total. The van der Waals surface area contributed by atoms with E-state index in [0.29, 0.717) is 12.1 Å². The number of benzene rings is 3. The summed E-state index contributed by atoms with van der Waals surface area (Å²) in [7, 11) is 1.97. The zero-order chi connectivity index (χ0) is 20.8. The molecule has 0 aromatic heterocycles. The predicted molar refractivity (Wildman–Crippen MR) is 114 cm³/mol. The predicted octanol–water partition coefficient (Wildman–Crippen LogP) is 5.04. The summed E-state index contributed by atoms with van der Waals surface area (Å²) in [6, 6.07) is 23.5. The van der Waals surface area contributed by atoms with Gasteiger partial charge in [0.1, 0.15) is 0 Å². The van der Waals surface area contributed by atoms with E-state index in [-0.39, 0.29) is 22.6 Å². The van der Waals surface area contributed by atoms with Crippen molar-refractivity contribution in [2.24, 2.45) is 0 Å². The largest absolute Gasteiger partial charge is 0.322 e. The van der Waals surface area contributed by atoms with Gasteiger partial charge in [0, 0.05) is 36.0 Å². The quantitative estimate of drug-likeness (QED) is 0.454. The van der Waals surface area contributed by atoms with E-state index in [0.717, 1.165) is 16.8 Å². The lowest BCUT2D eigenvalue weighted by Gasteiger charge is -2.25. The van der Waals surface area contributed by atoms with Crippen molar-refractivity contribution in [1.82, 2.24) is 4.90 Å². The number of amides is 1. The SMILES string of the molecule is CC(c1cccc([N+](=O)[O-])c1)N(C)Cc1ccc(C(=O)Nc2ccccc2)cc1. The fourth-order valence-corrected chi connectivity index (χ4v) is 3.06. The van der Waals surface area contributed by atoms with E-state index in [1.807, 2.05) is 62.5 Å². The van der Waals surface area contributed by atoms with Crippen molar-refractivity contribution in [2.45, 2.75) is 19.5 Å². The minimum atomic E-state index is -0.380. The van der Waals surface area contributed by atoms with Gasteiger partial charge in [-0.15, -0.1) is 0 Å². The molecule has 6 heteroatoms. The molecule has 1 atom stereocenters. The number of hydrogen-bond acceptors (Lipinski definition) is 4. The number of nitro groups is 1. The molecule has 0 bridgehead atoms. The Hall–Kier alpha value is -3.51. The van der Waals surface area contributed by atoms with Crippen molar-refractivity contribution in [3.63, 3.8) is 0 Å². The third kappa shape index (κ3) is 5.27. The maximum atomic E-state index is 12.4. The van der Waals surface area contributed by atoms with E-state index >= 15 is 0 Å². The first-order chi connectivity index (χ1) is 13.9. The van der Waals surface area contributed by atoms with E-state index < -0.39 is 0 Å². The molecule has 3 aromatic carbocycles. The number of nitrogens with zero attached hydrogens (tertiary/aromatic N) is 2. The molecule has 0 radical (unpaired) electrons. The van der Waals surface area contributed by atoms with Crippen LogP contribution >= 0.6 is 0 Å². The molecule has 3 aromatic rings. The van der Waals surface area contributed by atoms with Crippen molar-refractivity contribution >= 4 is 17.3 Å². The first kappa shape index (κ1) is 20.2. The van der Waals surface area contributed by atoms with Gasteiger partial charge in [-0.3, -0.25) is 19.8 Å². The van der Waals surface area contributed by atoms with Gasteiger partial charge in [0.2, 0.25) is 0 Å². The third-order valence-corrected chi connectivity index (χ3v) is 4.90. The molecule has 1 unspecified atom stereocenters. The zero-order valence-corrected chi connectivity index (χ0v) is 16.4. The van der Waals surface area contributed by atoms with Crippen LogP contribution in [-0.4, -0.2) is 22.8 Å². The Labute approximate surface area is 169 Å². The highest BCUT2D eigenvalue weighted by Crippen LogP contribution is 2.24. The molecule has 0 heterocycles. The second-order valence-electron chi connectivity index (χ2n) is 6.96. The highest BCUT2D eigenvalue weighted by atomic mass is 16.6. The summed E-state index contributed by atoms with van der Waals surface area (Å²) in [6.07, 6.45) is 0. The van der Waals surface area contributed by atoms with Crippen LogP contribution in [0.4, 0.5) is 11.4 Å². The van der Waals surface area contributed by atoms with E-state index in [2.05, 4.69) is 10.2 Å². The van der Waals surface area contributed by atoms with Crippen LogP contribution in [0.25, 0.3) is 0 Å². The molecule has 0 aliphatic carbocycles. The molecule has 0 aliphatic rings. The van der Waals surface area contributed by atoms with Crippen LogP contribution in [0.2, 0.25) is 0 Å². The Morgan fingerprint density at radius 3 is 2.38 bits per heavy atom. The molecule has 3 rings (SSSR count). The van der Waals surface area contributed by atoms with Gasteiger partial charge in [-0.05, 0) is 49.4 Å².